The molecule has 0 aliphatic heterocycles. The number of hydrogen-bond acceptors (Lipinski definition) is 5. The summed E-state index contributed by atoms with van der Waals surface area (Å²) in [5, 5.41) is 30.2. The zero-order valence-corrected chi connectivity index (χ0v) is 12.1. The molecule has 0 radical (unpaired) electrons. The van der Waals surface area contributed by atoms with Crippen LogP contribution in [0.4, 0.5) is 4.79 Å². The maximum absolute atomic E-state index is 11.6. The normalized spacial score (nSPS) is 12.5. The molecule has 1 amide bonds. The Labute approximate surface area is 122 Å². The van der Waals surface area contributed by atoms with Gasteiger partial charge in [-0.15, -0.1) is 0 Å². The van der Waals surface area contributed by atoms with Crippen molar-refractivity contribution in [3.8, 4) is 11.5 Å². The van der Waals surface area contributed by atoms with Crippen LogP contribution in [0.15, 0.2) is 18.2 Å². The van der Waals surface area contributed by atoms with Crippen LogP contribution in [-0.2, 0) is 16.0 Å². The summed E-state index contributed by atoms with van der Waals surface area (Å²) < 4.78 is 4.99. The highest BCUT2D eigenvalue weighted by molar-refractivity contribution is 5.80. The Balaban J connectivity index is 2.79. The number of alkyl carbamates (subject to hydrolysis) is 1. The Hall–Kier alpha value is -2.44. The summed E-state index contributed by atoms with van der Waals surface area (Å²) in [4.78, 5) is 22.8. The lowest BCUT2D eigenvalue weighted by Gasteiger charge is -2.22. The van der Waals surface area contributed by atoms with Gasteiger partial charge in [-0.1, -0.05) is 6.07 Å². The number of carboxylic acid groups (broad SMARTS) is 1. The SMILES string of the molecule is CC(C)(C)OC(=O)NC(Cc1ccc(O)cc1O)C(=O)O. The van der Waals surface area contributed by atoms with E-state index in [-0.39, 0.29) is 23.5 Å². The largest absolute Gasteiger partial charge is 0.508 e. The lowest BCUT2D eigenvalue weighted by atomic mass is 10.0. The van der Waals surface area contributed by atoms with Gasteiger partial charge in [0.25, 0.3) is 0 Å². The monoisotopic (exact) mass is 297 g/mol. The average molecular weight is 297 g/mol. The summed E-state index contributed by atoms with van der Waals surface area (Å²) >= 11 is 0. The van der Waals surface area contributed by atoms with E-state index < -0.39 is 23.7 Å². The molecule has 1 atom stereocenters. The summed E-state index contributed by atoms with van der Waals surface area (Å²) in [5.41, 5.74) is -0.454. The van der Waals surface area contributed by atoms with Crippen molar-refractivity contribution in [2.75, 3.05) is 0 Å². The first kappa shape index (κ1) is 16.6. The molecule has 0 saturated carbocycles. The third-order valence-corrected chi connectivity index (χ3v) is 2.48. The summed E-state index contributed by atoms with van der Waals surface area (Å²) in [7, 11) is 0. The first-order valence-electron chi connectivity index (χ1n) is 6.31. The van der Waals surface area contributed by atoms with E-state index in [9.17, 15) is 19.8 Å². The lowest BCUT2D eigenvalue weighted by Crippen LogP contribution is -2.44. The van der Waals surface area contributed by atoms with Gasteiger partial charge in [0.15, 0.2) is 0 Å². The van der Waals surface area contributed by atoms with Gasteiger partial charge in [-0.3, -0.25) is 0 Å². The van der Waals surface area contributed by atoms with Crippen LogP contribution < -0.4 is 5.32 Å². The van der Waals surface area contributed by atoms with Crippen molar-refractivity contribution in [2.45, 2.75) is 38.8 Å². The second-order valence-corrected chi connectivity index (χ2v) is 5.55. The standard InChI is InChI=1S/C14H19NO6/c1-14(2,3)21-13(20)15-10(12(18)19)6-8-4-5-9(16)7-11(8)17/h4-5,7,10,16-17H,6H2,1-3H3,(H,15,20)(H,18,19). The van der Waals surface area contributed by atoms with Crippen LogP contribution in [0.2, 0.25) is 0 Å². The lowest BCUT2D eigenvalue weighted by molar-refractivity contribution is -0.139. The van der Waals surface area contributed by atoms with Gasteiger partial charge in [-0.25, -0.2) is 9.59 Å². The smallest absolute Gasteiger partial charge is 0.408 e. The van der Waals surface area contributed by atoms with Crippen LogP contribution in [0.5, 0.6) is 11.5 Å². The predicted octanol–water partition coefficient (Wildman–Crippen LogP) is 1.62. The zero-order chi connectivity index (χ0) is 16.2. The number of benzene rings is 1. The van der Waals surface area contributed by atoms with Crippen LogP contribution in [-0.4, -0.2) is 39.0 Å². The van der Waals surface area contributed by atoms with Crippen LogP contribution in [0.25, 0.3) is 0 Å². The Kier molecular flexibility index (Phi) is 5.02. The molecule has 1 aromatic carbocycles. The fourth-order valence-corrected chi connectivity index (χ4v) is 1.59. The van der Waals surface area contributed by atoms with E-state index >= 15 is 0 Å². The molecule has 1 unspecified atom stereocenters. The Morgan fingerprint density at radius 1 is 1.29 bits per heavy atom. The van der Waals surface area contributed by atoms with E-state index in [1.54, 1.807) is 20.8 Å². The molecular formula is C14H19NO6. The minimum Gasteiger partial charge on any atom is -0.508 e. The highest BCUT2D eigenvalue weighted by Crippen LogP contribution is 2.23. The molecule has 0 aromatic heterocycles. The number of nitrogens with one attached hydrogen (secondary N) is 1. The van der Waals surface area contributed by atoms with E-state index in [1.807, 2.05) is 0 Å². The molecule has 0 aliphatic carbocycles. The Morgan fingerprint density at radius 3 is 2.38 bits per heavy atom. The Morgan fingerprint density at radius 2 is 1.90 bits per heavy atom. The molecule has 1 rings (SSSR count). The number of phenols is 2. The molecule has 1 aromatic rings. The number of ether oxygens (including phenoxy) is 1. The maximum atomic E-state index is 11.6. The van der Waals surface area contributed by atoms with E-state index in [4.69, 9.17) is 9.84 Å². The molecule has 4 N–H and O–H groups in total. The Bertz CT molecular complexity index is 535. The van der Waals surface area contributed by atoms with Gasteiger partial charge in [-0.05, 0) is 32.4 Å². The van der Waals surface area contributed by atoms with Crippen molar-refractivity contribution in [3.63, 3.8) is 0 Å². The summed E-state index contributed by atoms with van der Waals surface area (Å²) in [6.45, 7) is 4.98. The van der Waals surface area contributed by atoms with Crippen molar-refractivity contribution >= 4 is 12.1 Å². The van der Waals surface area contributed by atoms with Crippen LogP contribution in [0.1, 0.15) is 26.3 Å². The maximum Gasteiger partial charge on any atom is 0.408 e. The number of hydrogen-bond donors (Lipinski definition) is 4. The second-order valence-electron chi connectivity index (χ2n) is 5.55. The highest BCUT2D eigenvalue weighted by Gasteiger charge is 2.25. The minimum atomic E-state index is -1.26. The quantitative estimate of drug-likeness (QED) is 0.671. The number of carboxylic acids is 1. The summed E-state index contributed by atoms with van der Waals surface area (Å²) in [6, 6.07) is 2.55. The van der Waals surface area contributed by atoms with Crippen molar-refractivity contribution in [2.24, 2.45) is 0 Å². The third kappa shape index (κ3) is 5.60. The first-order chi connectivity index (χ1) is 9.58. The number of aromatic hydroxyl groups is 2. The molecule has 0 fully saturated rings. The number of amides is 1. The van der Waals surface area contributed by atoms with Crippen molar-refractivity contribution in [3.05, 3.63) is 23.8 Å². The molecule has 0 aliphatic rings. The molecule has 0 heterocycles. The van der Waals surface area contributed by atoms with Gasteiger partial charge in [-0.2, -0.15) is 0 Å². The number of carbonyl (C=O) groups is 2. The van der Waals surface area contributed by atoms with Crippen LogP contribution in [0, 0.1) is 0 Å². The van der Waals surface area contributed by atoms with Crippen molar-refractivity contribution < 1.29 is 29.6 Å². The fraction of sp³-hybridized carbons (Fsp3) is 0.429. The number of rotatable bonds is 4. The van der Waals surface area contributed by atoms with Crippen molar-refractivity contribution in [1.29, 1.82) is 0 Å². The second kappa shape index (κ2) is 6.34. The van der Waals surface area contributed by atoms with Crippen molar-refractivity contribution in [1.82, 2.24) is 5.32 Å². The minimum absolute atomic E-state index is 0.136. The first-order valence-corrected chi connectivity index (χ1v) is 6.31. The van der Waals surface area contributed by atoms with E-state index in [1.165, 1.54) is 12.1 Å². The molecular weight excluding hydrogens is 278 g/mol. The molecule has 21 heavy (non-hydrogen) atoms. The number of carbonyl (C=O) groups excluding carboxylic acids is 1. The summed E-state index contributed by atoms with van der Waals surface area (Å²) in [5.74, 6) is -1.64. The van der Waals surface area contributed by atoms with Gasteiger partial charge < -0.3 is 25.4 Å². The topological polar surface area (TPSA) is 116 Å². The van der Waals surface area contributed by atoms with Gasteiger partial charge in [0, 0.05) is 12.5 Å². The number of phenolic OH excluding ortho intramolecular Hbond substituents is 2. The summed E-state index contributed by atoms with van der Waals surface area (Å²) in [6.07, 6.45) is -0.992. The van der Waals surface area contributed by atoms with Gasteiger partial charge in [0.2, 0.25) is 0 Å². The molecule has 7 nitrogen and oxygen atoms in total. The van der Waals surface area contributed by atoms with Gasteiger partial charge >= 0.3 is 12.1 Å². The van der Waals surface area contributed by atoms with E-state index in [2.05, 4.69) is 5.32 Å². The molecule has 0 bridgehead atoms. The van der Waals surface area contributed by atoms with Crippen LogP contribution >= 0.6 is 0 Å². The van der Waals surface area contributed by atoms with Gasteiger partial charge in [0.05, 0.1) is 0 Å². The highest BCUT2D eigenvalue weighted by atomic mass is 16.6. The van der Waals surface area contributed by atoms with E-state index in [0.29, 0.717) is 0 Å². The third-order valence-electron chi connectivity index (χ3n) is 2.48. The predicted molar refractivity (Wildman–Crippen MR) is 74.3 cm³/mol. The number of aliphatic carboxylic acids is 1. The molecule has 116 valence electrons. The average Bonchev–Trinajstić information content (AvgIpc) is 2.28. The zero-order valence-electron chi connectivity index (χ0n) is 12.1. The molecule has 0 saturated heterocycles. The van der Waals surface area contributed by atoms with Crippen LogP contribution in [0.3, 0.4) is 0 Å². The molecule has 0 spiro atoms. The van der Waals surface area contributed by atoms with E-state index in [0.717, 1.165) is 6.07 Å². The molecule has 7 heteroatoms. The van der Waals surface area contributed by atoms with Gasteiger partial charge in [0.1, 0.15) is 23.1 Å². The fourth-order valence-electron chi connectivity index (χ4n) is 1.59.